The maximum atomic E-state index is 13.3. The number of ether oxygens (including phenoxy) is 2. The summed E-state index contributed by atoms with van der Waals surface area (Å²) in [5.74, 6) is 0.905. The first-order chi connectivity index (χ1) is 15.1. The fraction of sp³-hybridized carbons (Fsp3) is 0.200. The summed E-state index contributed by atoms with van der Waals surface area (Å²) in [4.78, 5) is 29.9. The highest BCUT2D eigenvalue weighted by atomic mass is 16.7. The van der Waals surface area contributed by atoms with E-state index in [0.29, 0.717) is 30.2 Å². The molecule has 31 heavy (non-hydrogen) atoms. The molecule has 0 bridgehead atoms. The van der Waals surface area contributed by atoms with Gasteiger partial charge in [-0.1, -0.05) is 48.5 Å². The molecular formula is C25H22N2O4. The summed E-state index contributed by atoms with van der Waals surface area (Å²) in [6.07, 6.45) is 0. The molecule has 0 saturated carbocycles. The second-order valence-corrected chi connectivity index (χ2v) is 7.62. The Morgan fingerprint density at radius 1 is 0.903 bits per heavy atom. The lowest BCUT2D eigenvalue weighted by molar-refractivity contribution is -0.124. The molecule has 1 unspecified atom stereocenters. The van der Waals surface area contributed by atoms with E-state index in [0.717, 1.165) is 16.8 Å². The van der Waals surface area contributed by atoms with Crippen LogP contribution in [0.4, 0.5) is 5.69 Å². The second kappa shape index (κ2) is 7.80. The van der Waals surface area contributed by atoms with Crippen molar-refractivity contribution >= 4 is 17.5 Å². The molecule has 6 heteroatoms. The van der Waals surface area contributed by atoms with Crippen molar-refractivity contribution in [2.45, 2.75) is 13.0 Å². The van der Waals surface area contributed by atoms with E-state index in [2.05, 4.69) is 0 Å². The Balaban J connectivity index is 1.40. The normalized spacial score (nSPS) is 17.7. The number of hydrogen-bond acceptors (Lipinski definition) is 4. The maximum absolute atomic E-state index is 13.3. The van der Waals surface area contributed by atoms with Gasteiger partial charge >= 0.3 is 0 Å². The number of carbonyl (C=O) groups excluding carboxylic acids is 2. The van der Waals surface area contributed by atoms with E-state index in [1.807, 2.05) is 54.6 Å². The van der Waals surface area contributed by atoms with E-state index in [9.17, 15) is 9.59 Å². The Bertz CT molecular complexity index is 1150. The van der Waals surface area contributed by atoms with Gasteiger partial charge in [0.1, 0.15) is 6.04 Å². The molecule has 2 aliphatic rings. The first-order valence-corrected chi connectivity index (χ1v) is 10.3. The average Bonchev–Trinajstić information content (AvgIpc) is 3.29. The van der Waals surface area contributed by atoms with Crippen LogP contribution in [0.25, 0.3) is 11.1 Å². The van der Waals surface area contributed by atoms with Gasteiger partial charge in [-0.15, -0.1) is 0 Å². The molecule has 2 heterocycles. The Kier molecular flexibility index (Phi) is 4.82. The molecular weight excluding hydrogens is 392 g/mol. The van der Waals surface area contributed by atoms with Gasteiger partial charge < -0.3 is 19.3 Å². The van der Waals surface area contributed by atoms with Crippen molar-refractivity contribution in [3.05, 3.63) is 78.4 Å². The molecule has 156 valence electrons. The summed E-state index contributed by atoms with van der Waals surface area (Å²) in [5, 5.41) is 0. The number of rotatable bonds is 3. The summed E-state index contributed by atoms with van der Waals surface area (Å²) in [5.41, 5.74) is 3.40. The summed E-state index contributed by atoms with van der Waals surface area (Å²) < 4.78 is 10.7. The van der Waals surface area contributed by atoms with Gasteiger partial charge in [0.25, 0.3) is 5.91 Å². The number of para-hydroxylation sites is 1. The number of hydrogen-bond donors (Lipinski definition) is 0. The monoisotopic (exact) mass is 414 g/mol. The lowest BCUT2D eigenvalue weighted by Crippen LogP contribution is -2.57. The summed E-state index contributed by atoms with van der Waals surface area (Å²) in [7, 11) is 0. The lowest BCUT2D eigenvalue weighted by Gasteiger charge is -2.39. The van der Waals surface area contributed by atoms with Crippen molar-refractivity contribution in [1.82, 2.24) is 4.90 Å². The highest BCUT2D eigenvalue weighted by Crippen LogP contribution is 2.35. The third kappa shape index (κ3) is 3.40. The van der Waals surface area contributed by atoms with Crippen molar-refractivity contribution < 1.29 is 19.1 Å². The molecule has 0 radical (unpaired) electrons. The SMILES string of the molecule is CC1C(=O)N(c2ccccc2-c2ccccc2)CCN1C(=O)c1ccc2c(c1)OCO2. The van der Waals surface area contributed by atoms with E-state index in [1.165, 1.54) is 0 Å². The predicted octanol–water partition coefficient (Wildman–Crippen LogP) is 3.96. The van der Waals surface area contributed by atoms with Crippen molar-refractivity contribution in [3.8, 4) is 22.6 Å². The Labute approximate surface area is 180 Å². The Morgan fingerprint density at radius 2 is 1.65 bits per heavy atom. The minimum Gasteiger partial charge on any atom is -0.454 e. The van der Waals surface area contributed by atoms with Crippen LogP contribution in [-0.4, -0.2) is 42.6 Å². The van der Waals surface area contributed by atoms with E-state index in [1.54, 1.807) is 34.9 Å². The number of amides is 2. The summed E-state index contributed by atoms with van der Waals surface area (Å²) >= 11 is 0. The first-order valence-electron chi connectivity index (χ1n) is 10.3. The number of anilines is 1. The van der Waals surface area contributed by atoms with Gasteiger partial charge in [0, 0.05) is 24.2 Å². The molecule has 0 aliphatic carbocycles. The van der Waals surface area contributed by atoms with Crippen LogP contribution < -0.4 is 14.4 Å². The molecule has 0 N–H and O–H groups in total. The van der Waals surface area contributed by atoms with Gasteiger partial charge in [-0.3, -0.25) is 9.59 Å². The average molecular weight is 414 g/mol. The molecule has 1 fully saturated rings. The Hall–Kier alpha value is -3.80. The van der Waals surface area contributed by atoms with Gasteiger partial charge in [-0.05, 0) is 36.8 Å². The number of piperazine rings is 1. The van der Waals surface area contributed by atoms with Crippen LogP contribution in [0.1, 0.15) is 17.3 Å². The predicted molar refractivity (Wildman–Crippen MR) is 117 cm³/mol. The quantitative estimate of drug-likeness (QED) is 0.651. The molecule has 2 aliphatic heterocycles. The van der Waals surface area contributed by atoms with Gasteiger partial charge in [0.2, 0.25) is 12.7 Å². The number of fused-ring (bicyclic) bond motifs is 1. The van der Waals surface area contributed by atoms with E-state index in [-0.39, 0.29) is 18.6 Å². The van der Waals surface area contributed by atoms with Crippen molar-refractivity contribution in [2.24, 2.45) is 0 Å². The number of nitrogens with zero attached hydrogens (tertiary/aromatic N) is 2. The third-order valence-corrected chi connectivity index (χ3v) is 5.82. The maximum Gasteiger partial charge on any atom is 0.254 e. The van der Waals surface area contributed by atoms with Crippen LogP contribution in [0.3, 0.4) is 0 Å². The molecule has 3 aromatic rings. The van der Waals surface area contributed by atoms with Gasteiger partial charge in [0.15, 0.2) is 11.5 Å². The summed E-state index contributed by atoms with van der Waals surface area (Å²) in [6.45, 7) is 2.82. The van der Waals surface area contributed by atoms with E-state index in [4.69, 9.17) is 9.47 Å². The zero-order valence-corrected chi connectivity index (χ0v) is 17.2. The standard InChI is InChI=1S/C25H22N2O4/c1-17-24(28)27(21-10-6-5-9-20(21)18-7-3-2-4-8-18)14-13-26(17)25(29)19-11-12-22-23(15-19)31-16-30-22/h2-12,15,17H,13-14,16H2,1H3. The zero-order valence-electron chi connectivity index (χ0n) is 17.2. The number of carbonyl (C=O) groups is 2. The van der Waals surface area contributed by atoms with Crippen LogP contribution >= 0.6 is 0 Å². The first kappa shape index (κ1) is 19.2. The van der Waals surface area contributed by atoms with Gasteiger partial charge in [-0.25, -0.2) is 0 Å². The topological polar surface area (TPSA) is 59.1 Å². The number of benzene rings is 3. The van der Waals surface area contributed by atoms with Crippen molar-refractivity contribution in [1.29, 1.82) is 0 Å². The largest absolute Gasteiger partial charge is 0.454 e. The van der Waals surface area contributed by atoms with Crippen LogP contribution in [0.5, 0.6) is 11.5 Å². The minimum atomic E-state index is -0.574. The van der Waals surface area contributed by atoms with E-state index >= 15 is 0 Å². The van der Waals surface area contributed by atoms with Crippen molar-refractivity contribution in [2.75, 3.05) is 24.8 Å². The highest BCUT2D eigenvalue weighted by molar-refractivity contribution is 6.05. The molecule has 6 nitrogen and oxygen atoms in total. The highest BCUT2D eigenvalue weighted by Gasteiger charge is 2.36. The van der Waals surface area contributed by atoms with Crippen LogP contribution in [0, 0.1) is 0 Å². The third-order valence-electron chi connectivity index (χ3n) is 5.82. The van der Waals surface area contributed by atoms with Gasteiger partial charge in [0.05, 0.1) is 5.69 Å². The van der Waals surface area contributed by atoms with Crippen molar-refractivity contribution in [3.63, 3.8) is 0 Å². The van der Waals surface area contributed by atoms with E-state index < -0.39 is 6.04 Å². The lowest BCUT2D eigenvalue weighted by atomic mass is 10.0. The zero-order chi connectivity index (χ0) is 21.4. The minimum absolute atomic E-state index is 0.0938. The smallest absolute Gasteiger partial charge is 0.254 e. The molecule has 5 rings (SSSR count). The molecule has 2 amide bonds. The molecule has 1 saturated heterocycles. The molecule has 0 aromatic heterocycles. The van der Waals surface area contributed by atoms with Gasteiger partial charge in [-0.2, -0.15) is 0 Å². The fourth-order valence-electron chi connectivity index (χ4n) is 4.15. The van der Waals surface area contributed by atoms with Crippen LogP contribution in [0.2, 0.25) is 0 Å². The van der Waals surface area contributed by atoms with Crippen LogP contribution in [0.15, 0.2) is 72.8 Å². The fourth-order valence-corrected chi connectivity index (χ4v) is 4.15. The Morgan fingerprint density at radius 3 is 2.48 bits per heavy atom. The van der Waals surface area contributed by atoms with Crippen LogP contribution in [-0.2, 0) is 4.79 Å². The summed E-state index contributed by atoms with van der Waals surface area (Å²) in [6, 6.07) is 22.4. The molecule has 0 spiro atoms. The molecule has 1 atom stereocenters. The second-order valence-electron chi connectivity index (χ2n) is 7.62. The molecule has 3 aromatic carbocycles.